The van der Waals surface area contributed by atoms with E-state index in [0.29, 0.717) is 11.1 Å². The number of pyridine rings is 1. The van der Waals surface area contributed by atoms with Crippen LogP contribution in [0.1, 0.15) is 34.1 Å². The third-order valence-electron chi connectivity index (χ3n) is 2.41. The number of carbonyl (C=O) groups is 1. The van der Waals surface area contributed by atoms with Crippen LogP contribution in [0.2, 0.25) is 0 Å². The monoisotopic (exact) mass is 259 g/mol. The Morgan fingerprint density at radius 2 is 2.18 bits per heavy atom. The fourth-order valence-electron chi connectivity index (χ4n) is 1.47. The van der Waals surface area contributed by atoms with Crippen molar-refractivity contribution in [2.24, 2.45) is 0 Å². The van der Waals surface area contributed by atoms with Crippen molar-refractivity contribution in [3.63, 3.8) is 0 Å². The van der Waals surface area contributed by atoms with Crippen molar-refractivity contribution in [1.82, 2.24) is 4.98 Å². The molecule has 0 radical (unpaired) electrons. The van der Waals surface area contributed by atoms with Crippen molar-refractivity contribution in [1.29, 1.82) is 0 Å². The van der Waals surface area contributed by atoms with Crippen molar-refractivity contribution < 1.29 is 20.1 Å². The minimum Gasteiger partial charge on any atom is -0.477 e. The number of aliphatic hydroxyl groups excluding tert-OH is 2. The Balaban J connectivity index is 2.93. The Morgan fingerprint density at radius 1 is 1.53 bits per heavy atom. The molecule has 0 saturated carbocycles. The summed E-state index contributed by atoms with van der Waals surface area (Å²) >= 11 is 5.46. The molecule has 1 heterocycles. The summed E-state index contributed by atoms with van der Waals surface area (Å²) in [6.07, 6.45) is -0.590. The number of carboxylic acid groups (broad SMARTS) is 1. The molecule has 5 nitrogen and oxygen atoms in total. The maximum atomic E-state index is 10.7. The Morgan fingerprint density at radius 3 is 2.65 bits per heavy atom. The third kappa shape index (κ3) is 3.39. The summed E-state index contributed by atoms with van der Waals surface area (Å²) in [7, 11) is 0. The standard InChI is InChI=1S/C11H14ClNO4/c1-6-4-7(5-13-9(6)11(16)17)10(15)8(14)2-3-12/h4-5,8,10,14-15H,2-3H2,1H3,(H,16,17). The summed E-state index contributed by atoms with van der Waals surface area (Å²) < 4.78 is 0. The normalized spacial score (nSPS) is 14.4. The van der Waals surface area contributed by atoms with Crippen molar-refractivity contribution in [3.8, 4) is 0 Å². The van der Waals surface area contributed by atoms with Crippen LogP contribution in [0.15, 0.2) is 12.3 Å². The van der Waals surface area contributed by atoms with Crippen molar-refractivity contribution in [2.45, 2.75) is 25.6 Å². The minimum atomic E-state index is -1.12. The molecule has 0 fully saturated rings. The van der Waals surface area contributed by atoms with Gasteiger partial charge in [-0.3, -0.25) is 0 Å². The van der Waals surface area contributed by atoms with Gasteiger partial charge in [-0.25, -0.2) is 9.78 Å². The highest BCUT2D eigenvalue weighted by molar-refractivity contribution is 6.17. The lowest BCUT2D eigenvalue weighted by atomic mass is 10.0. The highest BCUT2D eigenvalue weighted by atomic mass is 35.5. The number of alkyl halides is 1. The molecular formula is C11H14ClNO4. The number of rotatable bonds is 5. The van der Waals surface area contributed by atoms with Gasteiger partial charge in [0.25, 0.3) is 0 Å². The van der Waals surface area contributed by atoms with Gasteiger partial charge in [0, 0.05) is 17.6 Å². The highest BCUT2D eigenvalue weighted by Gasteiger charge is 2.19. The summed E-state index contributed by atoms with van der Waals surface area (Å²) in [6, 6.07) is 1.50. The van der Waals surface area contributed by atoms with Crippen LogP contribution in [-0.2, 0) is 0 Å². The highest BCUT2D eigenvalue weighted by Crippen LogP contribution is 2.20. The first-order chi connectivity index (χ1) is 7.97. The first-order valence-corrected chi connectivity index (χ1v) is 5.62. The van der Waals surface area contributed by atoms with Gasteiger partial charge in [0.1, 0.15) is 6.10 Å². The average molecular weight is 260 g/mol. The lowest BCUT2D eigenvalue weighted by Crippen LogP contribution is -2.19. The quantitative estimate of drug-likeness (QED) is 0.689. The van der Waals surface area contributed by atoms with Crippen LogP contribution in [0.25, 0.3) is 0 Å². The zero-order valence-electron chi connectivity index (χ0n) is 9.30. The number of aromatic carboxylic acids is 1. The smallest absolute Gasteiger partial charge is 0.354 e. The zero-order chi connectivity index (χ0) is 13.0. The van der Waals surface area contributed by atoms with Crippen LogP contribution < -0.4 is 0 Å². The maximum absolute atomic E-state index is 10.7. The van der Waals surface area contributed by atoms with E-state index in [-0.39, 0.29) is 18.0 Å². The van der Waals surface area contributed by atoms with Gasteiger partial charge in [0.15, 0.2) is 5.69 Å². The molecule has 94 valence electrons. The molecule has 1 aromatic heterocycles. The molecule has 0 amide bonds. The lowest BCUT2D eigenvalue weighted by molar-refractivity contribution is 0.0167. The summed E-state index contributed by atoms with van der Waals surface area (Å²) in [5.41, 5.74) is 0.755. The minimum absolute atomic E-state index is 0.0622. The Bertz CT molecular complexity index is 410. The van der Waals surface area contributed by atoms with Gasteiger partial charge in [0.05, 0.1) is 6.10 Å². The average Bonchev–Trinajstić information content (AvgIpc) is 2.27. The Hall–Kier alpha value is -1.17. The van der Waals surface area contributed by atoms with E-state index < -0.39 is 18.2 Å². The molecule has 0 bridgehead atoms. The Kier molecular flexibility index (Phi) is 4.86. The second-order valence-electron chi connectivity index (χ2n) is 3.73. The van der Waals surface area contributed by atoms with E-state index in [0.717, 1.165) is 0 Å². The lowest BCUT2D eigenvalue weighted by Gasteiger charge is -2.17. The maximum Gasteiger partial charge on any atom is 0.354 e. The van der Waals surface area contributed by atoms with Gasteiger partial charge in [0.2, 0.25) is 0 Å². The molecule has 0 aliphatic rings. The molecule has 6 heteroatoms. The van der Waals surface area contributed by atoms with Gasteiger partial charge in [-0.2, -0.15) is 0 Å². The molecule has 1 aromatic rings. The molecule has 0 spiro atoms. The molecule has 0 aliphatic carbocycles. The van der Waals surface area contributed by atoms with Gasteiger partial charge in [-0.1, -0.05) is 0 Å². The van der Waals surface area contributed by atoms with Gasteiger partial charge < -0.3 is 15.3 Å². The van der Waals surface area contributed by atoms with E-state index in [1.165, 1.54) is 12.3 Å². The predicted molar refractivity (Wildman–Crippen MR) is 62.2 cm³/mol. The van der Waals surface area contributed by atoms with Crippen LogP contribution in [0.3, 0.4) is 0 Å². The number of hydrogen-bond acceptors (Lipinski definition) is 4. The van der Waals surface area contributed by atoms with E-state index in [1.54, 1.807) is 6.92 Å². The van der Waals surface area contributed by atoms with Gasteiger partial charge in [-0.15, -0.1) is 11.6 Å². The molecular weight excluding hydrogens is 246 g/mol. The van der Waals surface area contributed by atoms with Crippen molar-refractivity contribution in [2.75, 3.05) is 5.88 Å². The largest absolute Gasteiger partial charge is 0.477 e. The molecule has 2 atom stereocenters. The molecule has 2 unspecified atom stereocenters. The fraction of sp³-hybridized carbons (Fsp3) is 0.455. The molecule has 0 saturated heterocycles. The number of aliphatic hydroxyl groups is 2. The van der Waals surface area contributed by atoms with Gasteiger partial charge >= 0.3 is 5.97 Å². The number of carboxylic acids is 1. The predicted octanol–water partition coefficient (Wildman–Crippen LogP) is 1.11. The van der Waals surface area contributed by atoms with E-state index in [4.69, 9.17) is 16.7 Å². The first-order valence-electron chi connectivity index (χ1n) is 5.09. The summed E-state index contributed by atoms with van der Waals surface area (Å²) in [6.45, 7) is 1.58. The van der Waals surface area contributed by atoms with Crippen LogP contribution in [0, 0.1) is 6.92 Å². The van der Waals surface area contributed by atoms with Crippen molar-refractivity contribution in [3.05, 3.63) is 29.1 Å². The molecule has 1 rings (SSSR count). The summed E-state index contributed by atoms with van der Waals surface area (Å²) in [5, 5.41) is 28.1. The first kappa shape index (κ1) is 13.9. The van der Waals surface area contributed by atoms with E-state index in [1.807, 2.05) is 0 Å². The fourth-order valence-corrected chi connectivity index (χ4v) is 1.70. The molecule has 0 aromatic carbocycles. The van der Waals surface area contributed by atoms with Crippen LogP contribution in [-0.4, -0.2) is 38.3 Å². The van der Waals surface area contributed by atoms with Crippen LogP contribution in [0.4, 0.5) is 0 Å². The molecule has 0 aliphatic heterocycles. The number of nitrogens with zero attached hydrogens (tertiary/aromatic N) is 1. The van der Waals surface area contributed by atoms with Crippen molar-refractivity contribution >= 4 is 17.6 Å². The second kappa shape index (κ2) is 5.95. The number of aromatic nitrogens is 1. The Labute approximate surface area is 104 Å². The zero-order valence-corrected chi connectivity index (χ0v) is 10.1. The topological polar surface area (TPSA) is 90.7 Å². The second-order valence-corrected chi connectivity index (χ2v) is 4.11. The SMILES string of the molecule is Cc1cc(C(O)C(O)CCCl)cnc1C(=O)O. The third-order valence-corrected chi connectivity index (χ3v) is 2.63. The number of hydrogen-bond donors (Lipinski definition) is 3. The van der Waals surface area contributed by atoms with Crippen LogP contribution >= 0.6 is 11.6 Å². The van der Waals surface area contributed by atoms with E-state index in [9.17, 15) is 15.0 Å². The van der Waals surface area contributed by atoms with Gasteiger partial charge in [-0.05, 0) is 25.0 Å². The van der Waals surface area contributed by atoms with E-state index >= 15 is 0 Å². The summed E-state index contributed by atoms with van der Waals surface area (Å²) in [5.74, 6) is -0.887. The molecule has 3 N–H and O–H groups in total. The van der Waals surface area contributed by atoms with Crippen LogP contribution in [0.5, 0.6) is 0 Å². The summed E-state index contributed by atoms with van der Waals surface area (Å²) in [4.78, 5) is 14.5. The van der Waals surface area contributed by atoms with E-state index in [2.05, 4.69) is 4.98 Å². The molecule has 17 heavy (non-hydrogen) atoms. The number of aryl methyl sites for hydroxylation is 1. The number of halogens is 1.